The zero-order valence-electron chi connectivity index (χ0n) is 14.0. The van der Waals surface area contributed by atoms with Crippen LogP contribution in [0.1, 0.15) is 38.3 Å². The zero-order valence-corrected chi connectivity index (χ0v) is 14.9. The average molecular weight is 363 g/mol. The number of rotatable bonds is 6. The second kappa shape index (κ2) is 9.30. The molecule has 7 heteroatoms. The van der Waals surface area contributed by atoms with E-state index in [4.69, 9.17) is 5.11 Å². The van der Waals surface area contributed by atoms with Gasteiger partial charge in [-0.1, -0.05) is 13.0 Å². The fourth-order valence-electron chi connectivity index (χ4n) is 3.35. The van der Waals surface area contributed by atoms with Crippen LogP contribution in [0.4, 0.5) is 8.78 Å². The number of aliphatic carboxylic acids is 1. The van der Waals surface area contributed by atoms with Gasteiger partial charge in [0.05, 0.1) is 6.54 Å². The maximum Gasteiger partial charge on any atom is 0.317 e. The van der Waals surface area contributed by atoms with Crippen molar-refractivity contribution in [1.29, 1.82) is 0 Å². The predicted molar refractivity (Wildman–Crippen MR) is 91.5 cm³/mol. The summed E-state index contributed by atoms with van der Waals surface area (Å²) in [6, 6.07) is 3.84. The topological polar surface area (TPSA) is 43.8 Å². The lowest BCUT2D eigenvalue weighted by atomic mass is 9.98. The summed E-state index contributed by atoms with van der Waals surface area (Å²) in [6.07, 6.45) is 1.71. The van der Waals surface area contributed by atoms with Gasteiger partial charge in [-0.25, -0.2) is 8.78 Å². The Balaban J connectivity index is 0.00000288. The van der Waals surface area contributed by atoms with Crippen molar-refractivity contribution in [2.75, 3.05) is 26.2 Å². The Bertz CT molecular complexity index is 551. The minimum Gasteiger partial charge on any atom is -0.480 e. The van der Waals surface area contributed by atoms with Gasteiger partial charge in [-0.15, -0.1) is 12.4 Å². The molecule has 1 aliphatic heterocycles. The number of hydrogen-bond acceptors (Lipinski definition) is 3. The van der Waals surface area contributed by atoms with Crippen molar-refractivity contribution >= 4 is 18.4 Å². The number of benzene rings is 1. The second-order valence-electron chi connectivity index (χ2n) is 6.07. The number of carbonyl (C=O) groups is 1. The fourth-order valence-corrected chi connectivity index (χ4v) is 3.35. The highest BCUT2D eigenvalue weighted by Crippen LogP contribution is 2.27. The Hall–Kier alpha value is -1.24. The van der Waals surface area contributed by atoms with Crippen molar-refractivity contribution in [3.8, 4) is 0 Å². The molecule has 0 spiro atoms. The zero-order chi connectivity index (χ0) is 17.0. The molecule has 1 aromatic rings. The van der Waals surface area contributed by atoms with E-state index in [0.717, 1.165) is 32.0 Å². The molecular weight excluding hydrogens is 338 g/mol. The van der Waals surface area contributed by atoms with Gasteiger partial charge in [0.2, 0.25) is 0 Å². The Morgan fingerprint density at radius 3 is 2.50 bits per heavy atom. The van der Waals surface area contributed by atoms with E-state index < -0.39 is 17.6 Å². The molecule has 0 aromatic heterocycles. The van der Waals surface area contributed by atoms with Crippen LogP contribution >= 0.6 is 12.4 Å². The second-order valence-corrected chi connectivity index (χ2v) is 6.07. The highest BCUT2D eigenvalue weighted by Gasteiger charge is 2.28. The first-order chi connectivity index (χ1) is 10.9. The summed E-state index contributed by atoms with van der Waals surface area (Å²) < 4.78 is 26.9. The summed E-state index contributed by atoms with van der Waals surface area (Å²) in [7, 11) is 0. The standard InChI is InChI=1S/C17H24F2N2O2.ClH/c1-3-20(11-17(22)23)14-6-8-21(9-7-14)12(2)15-5-4-13(18)10-16(15)19;/h4-5,10,12,14H,3,6-9,11H2,1-2H3,(H,22,23);1H. The molecule has 1 fully saturated rings. The van der Waals surface area contributed by atoms with Gasteiger partial charge < -0.3 is 5.11 Å². The Morgan fingerprint density at radius 2 is 2.00 bits per heavy atom. The molecule has 2 rings (SSSR count). The molecule has 0 aliphatic carbocycles. The third-order valence-corrected chi connectivity index (χ3v) is 4.72. The average Bonchev–Trinajstić information content (AvgIpc) is 2.52. The Kier molecular flexibility index (Phi) is 8.06. The summed E-state index contributed by atoms with van der Waals surface area (Å²) in [5.41, 5.74) is 0.503. The van der Waals surface area contributed by atoms with Crippen LogP contribution in [0, 0.1) is 11.6 Å². The monoisotopic (exact) mass is 362 g/mol. The number of likely N-dealkylation sites (tertiary alicyclic amines) is 1. The van der Waals surface area contributed by atoms with E-state index in [0.29, 0.717) is 12.1 Å². The third kappa shape index (κ3) is 5.13. The van der Waals surface area contributed by atoms with Crippen LogP contribution in [0.2, 0.25) is 0 Å². The molecule has 4 nitrogen and oxygen atoms in total. The predicted octanol–water partition coefficient (Wildman–Crippen LogP) is 3.32. The van der Waals surface area contributed by atoms with Crippen molar-refractivity contribution in [1.82, 2.24) is 9.80 Å². The number of hydrogen-bond donors (Lipinski definition) is 1. The number of halogens is 3. The highest BCUT2D eigenvalue weighted by atomic mass is 35.5. The van der Waals surface area contributed by atoms with Crippen LogP contribution in [0.5, 0.6) is 0 Å². The first-order valence-corrected chi connectivity index (χ1v) is 8.07. The van der Waals surface area contributed by atoms with E-state index in [-0.39, 0.29) is 31.0 Å². The molecule has 1 N–H and O–H groups in total. The summed E-state index contributed by atoms with van der Waals surface area (Å²) in [4.78, 5) is 15.1. The quantitative estimate of drug-likeness (QED) is 0.843. The molecule has 1 unspecified atom stereocenters. The van der Waals surface area contributed by atoms with Crippen molar-refractivity contribution in [3.05, 3.63) is 35.4 Å². The van der Waals surface area contributed by atoms with E-state index in [1.807, 2.05) is 18.7 Å². The van der Waals surface area contributed by atoms with Crippen molar-refractivity contribution in [2.45, 2.75) is 38.8 Å². The lowest BCUT2D eigenvalue weighted by Crippen LogP contribution is -2.47. The van der Waals surface area contributed by atoms with Crippen LogP contribution in [0.25, 0.3) is 0 Å². The van der Waals surface area contributed by atoms with Gasteiger partial charge in [-0.05, 0) is 32.4 Å². The van der Waals surface area contributed by atoms with E-state index in [9.17, 15) is 13.6 Å². The van der Waals surface area contributed by atoms with Crippen LogP contribution in [-0.4, -0.2) is 53.1 Å². The molecular formula is C17H25ClF2N2O2. The van der Waals surface area contributed by atoms with Gasteiger partial charge in [-0.3, -0.25) is 14.6 Å². The fraction of sp³-hybridized carbons (Fsp3) is 0.588. The molecule has 0 radical (unpaired) electrons. The molecule has 1 aliphatic rings. The number of carboxylic acids is 1. The van der Waals surface area contributed by atoms with E-state index in [1.54, 1.807) is 0 Å². The first kappa shape index (κ1) is 20.8. The van der Waals surface area contributed by atoms with E-state index >= 15 is 0 Å². The molecule has 1 saturated heterocycles. The van der Waals surface area contributed by atoms with Gasteiger partial charge in [0.1, 0.15) is 11.6 Å². The number of nitrogens with zero attached hydrogens (tertiary/aromatic N) is 2. The normalized spacial score (nSPS) is 17.5. The molecule has 0 saturated carbocycles. The maximum atomic E-state index is 13.9. The molecule has 0 bridgehead atoms. The lowest BCUT2D eigenvalue weighted by Gasteiger charge is -2.40. The number of carboxylic acid groups (broad SMARTS) is 1. The van der Waals surface area contributed by atoms with Crippen LogP contribution < -0.4 is 0 Å². The van der Waals surface area contributed by atoms with E-state index in [1.165, 1.54) is 12.1 Å². The minimum absolute atomic E-state index is 0. The van der Waals surface area contributed by atoms with Crippen molar-refractivity contribution in [3.63, 3.8) is 0 Å². The van der Waals surface area contributed by atoms with Gasteiger partial charge in [-0.2, -0.15) is 0 Å². The third-order valence-electron chi connectivity index (χ3n) is 4.72. The summed E-state index contributed by atoms with van der Waals surface area (Å²) >= 11 is 0. The van der Waals surface area contributed by atoms with Gasteiger partial charge >= 0.3 is 5.97 Å². The minimum atomic E-state index is -0.809. The molecule has 1 heterocycles. The van der Waals surface area contributed by atoms with Crippen LogP contribution in [-0.2, 0) is 4.79 Å². The lowest BCUT2D eigenvalue weighted by molar-refractivity contribution is -0.139. The molecule has 24 heavy (non-hydrogen) atoms. The summed E-state index contributed by atoms with van der Waals surface area (Å²) in [6.45, 7) is 6.21. The highest BCUT2D eigenvalue weighted by molar-refractivity contribution is 5.85. The van der Waals surface area contributed by atoms with Gasteiger partial charge in [0.15, 0.2) is 0 Å². The first-order valence-electron chi connectivity index (χ1n) is 8.07. The molecule has 1 atom stereocenters. The smallest absolute Gasteiger partial charge is 0.317 e. The Morgan fingerprint density at radius 1 is 1.38 bits per heavy atom. The maximum absolute atomic E-state index is 13.9. The van der Waals surface area contributed by atoms with Crippen molar-refractivity contribution in [2.24, 2.45) is 0 Å². The molecule has 1 aromatic carbocycles. The van der Waals surface area contributed by atoms with Crippen LogP contribution in [0.3, 0.4) is 0 Å². The SMILES string of the molecule is CCN(CC(=O)O)C1CCN(C(C)c2ccc(F)cc2F)CC1.Cl. The molecule has 136 valence electrons. The Labute approximate surface area is 147 Å². The van der Waals surface area contributed by atoms with E-state index in [2.05, 4.69) is 4.90 Å². The summed E-state index contributed by atoms with van der Waals surface area (Å²) in [5.74, 6) is -1.89. The number of likely N-dealkylation sites (N-methyl/N-ethyl adjacent to an activating group) is 1. The largest absolute Gasteiger partial charge is 0.480 e. The van der Waals surface area contributed by atoms with Crippen molar-refractivity contribution < 1.29 is 18.7 Å². The summed E-state index contributed by atoms with van der Waals surface area (Å²) in [5, 5.41) is 8.96. The molecule has 0 amide bonds. The van der Waals surface area contributed by atoms with Gasteiger partial charge in [0, 0.05) is 36.8 Å². The van der Waals surface area contributed by atoms with Gasteiger partial charge in [0.25, 0.3) is 0 Å². The van der Waals surface area contributed by atoms with Crippen LogP contribution in [0.15, 0.2) is 18.2 Å². The number of piperidine rings is 1.